The molecule has 0 aliphatic carbocycles. The Labute approximate surface area is 250 Å². The fourth-order valence-electron chi connectivity index (χ4n) is 4.86. The van der Waals surface area contributed by atoms with Crippen LogP contribution in [0.3, 0.4) is 0 Å². The molecule has 1 N–H and O–H groups in total. The number of aryl methyl sites for hydroxylation is 2. The largest absolute Gasteiger partial charge is 0.491 e. The first-order valence-corrected chi connectivity index (χ1v) is 17.8. The predicted molar refractivity (Wildman–Crippen MR) is 167 cm³/mol. The number of hydrogen-bond acceptors (Lipinski definition) is 8. The molecule has 10 heteroatoms. The van der Waals surface area contributed by atoms with Crippen LogP contribution in [0.15, 0.2) is 22.7 Å². The summed E-state index contributed by atoms with van der Waals surface area (Å²) in [6.45, 7) is 22.4. The quantitative estimate of drug-likeness (QED) is 0.246. The Hall–Kier alpha value is -2.46. The molecule has 0 unspecified atom stereocenters. The fourth-order valence-corrected chi connectivity index (χ4v) is 6.49. The van der Waals surface area contributed by atoms with E-state index in [-0.39, 0.29) is 23.3 Å². The van der Waals surface area contributed by atoms with E-state index in [1.165, 1.54) is 0 Å². The van der Waals surface area contributed by atoms with Gasteiger partial charge in [-0.2, -0.15) is 0 Å². The van der Waals surface area contributed by atoms with Crippen LogP contribution in [0.2, 0.25) is 23.2 Å². The second-order valence-electron chi connectivity index (χ2n) is 12.8. The fraction of sp³-hybridized carbons (Fsp3) is 0.581. The zero-order valence-electron chi connectivity index (χ0n) is 26.1. The molecule has 3 aromatic rings. The summed E-state index contributed by atoms with van der Waals surface area (Å²) in [6.07, 6.45) is 1.95. The maximum atomic E-state index is 6.75. The van der Waals surface area contributed by atoms with Crippen LogP contribution in [0.4, 0.5) is 5.82 Å². The Kier molecular flexibility index (Phi) is 9.53. The number of ether oxygens (including phenoxy) is 2. The minimum atomic E-state index is -1.90. The van der Waals surface area contributed by atoms with E-state index >= 15 is 0 Å². The van der Waals surface area contributed by atoms with Gasteiger partial charge in [-0.3, -0.25) is 0 Å². The average molecular weight is 601 g/mol. The van der Waals surface area contributed by atoms with Crippen LogP contribution in [-0.2, 0) is 9.16 Å². The van der Waals surface area contributed by atoms with Gasteiger partial charge in [-0.15, -0.1) is 0 Å². The van der Waals surface area contributed by atoms with Crippen LogP contribution in [0.5, 0.6) is 5.75 Å². The van der Waals surface area contributed by atoms with Gasteiger partial charge in [0.25, 0.3) is 0 Å². The topological polar surface area (TPSA) is 91.5 Å². The number of nitrogens with one attached hydrogen (secondary N) is 1. The summed E-state index contributed by atoms with van der Waals surface area (Å²) in [5, 5.41) is 8.52. The van der Waals surface area contributed by atoms with Crippen LogP contribution in [0.1, 0.15) is 64.5 Å². The highest BCUT2D eigenvalue weighted by molar-refractivity contribution is 6.74. The summed E-state index contributed by atoms with van der Waals surface area (Å²) in [6, 6.07) is 5.85. The molecule has 3 heterocycles. The van der Waals surface area contributed by atoms with E-state index in [2.05, 4.69) is 58.2 Å². The summed E-state index contributed by atoms with van der Waals surface area (Å²) >= 11 is 6.75. The number of rotatable bonds is 9. The van der Waals surface area contributed by atoms with Crippen molar-refractivity contribution in [2.24, 2.45) is 0 Å². The number of benzene rings is 1. The van der Waals surface area contributed by atoms with E-state index in [1.54, 1.807) is 0 Å². The first-order chi connectivity index (χ1) is 19.2. The van der Waals surface area contributed by atoms with Crippen molar-refractivity contribution in [1.82, 2.24) is 15.1 Å². The molecule has 1 aliphatic heterocycles. The van der Waals surface area contributed by atoms with E-state index in [0.29, 0.717) is 34.5 Å². The zero-order chi connectivity index (χ0) is 30.1. The van der Waals surface area contributed by atoms with Crippen molar-refractivity contribution in [2.45, 2.75) is 105 Å². The molecule has 2 aromatic heterocycles. The average Bonchev–Trinajstić information content (AvgIpc) is 3.21. The first kappa shape index (κ1) is 31.5. The van der Waals surface area contributed by atoms with Gasteiger partial charge in [0, 0.05) is 23.8 Å². The van der Waals surface area contributed by atoms with Crippen molar-refractivity contribution in [1.29, 1.82) is 0 Å². The van der Waals surface area contributed by atoms with Gasteiger partial charge in [0.1, 0.15) is 23.9 Å². The molecule has 0 spiro atoms. The second-order valence-corrected chi connectivity index (χ2v) is 17.9. The molecule has 8 nitrogen and oxygen atoms in total. The number of anilines is 1. The van der Waals surface area contributed by atoms with Gasteiger partial charge in [-0.25, -0.2) is 9.97 Å². The molecule has 4 rings (SSSR count). The molecule has 0 radical (unpaired) electrons. The molecular formula is C31H45ClN4O4Si. The van der Waals surface area contributed by atoms with Gasteiger partial charge < -0.3 is 23.7 Å². The van der Waals surface area contributed by atoms with Gasteiger partial charge in [-0.1, -0.05) is 37.5 Å². The standard InChI is InChI=1S/C31H45ClN4O4Si/c1-18-15-23(13-14-37-18)33-29-20(3)28(27-21(4)36-39-22(27)5)34-30(35-29)25-16-24(11-12-26(25)32)38-17-19(2)40-41(9,10)31(6,7)8/h11-12,16,18-19,23H,13-15,17H2,1-10H3,(H,33,34,35)/t18-,19-,23-/m1/s1. The summed E-state index contributed by atoms with van der Waals surface area (Å²) in [5.41, 5.74) is 4.04. The van der Waals surface area contributed by atoms with Crippen molar-refractivity contribution in [2.75, 3.05) is 18.5 Å². The highest BCUT2D eigenvalue weighted by Gasteiger charge is 2.38. The van der Waals surface area contributed by atoms with Gasteiger partial charge in [0.15, 0.2) is 14.1 Å². The molecule has 3 atom stereocenters. The van der Waals surface area contributed by atoms with Gasteiger partial charge in [0.2, 0.25) is 0 Å². The smallest absolute Gasteiger partial charge is 0.192 e. The third-order valence-electron chi connectivity index (χ3n) is 8.21. The molecular weight excluding hydrogens is 556 g/mol. The molecule has 1 fully saturated rings. The van der Waals surface area contributed by atoms with Crippen molar-refractivity contribution in [3.8, 4) is 28.4 Å². The van der Waals surface area contributed by atoms with Crippen LogP contribution < -0.4 is 10.1 Å². The predicted octanol–water partition coefficient (Wildman–Crippen LogP) is 8.15. The summed E-state index contributed by atoms with van der Waals surface area (Å²) < 4.78 is 23.9. The second kappa shape index (κ2) is 12.4. The molecule has 0 saturated carbocycles. The third-order valence-corrected chi connectivity index (χ3v) is 13.1. The highest BCUT2D eigenvalue weighted by atomic mass is 35.5. The number of halogens is 1. The number of nitrogens with zero attached hydrogens (tertiary/aromatic N) is 3. The van der Waals surface area contributed by atoms with E-state index in [1.807, 2.05) is 39.0 Å². The van der Waals surface area contributed by atoms with Crippen molar-refractivity contribution in [3.05, 3.63) is 40.2 Å². The monoisotopic (exact) mass is 600 g/mol. The Morgan fingerprint density at radius 3 is 2.54 bits per heavy atom. The van der Waals surface area contributed by atoms with E-state index in [9.17, 15) is 0 Å². The maximum Gasteiger partial charge on any atom is 0.192 e. The third kappa shape index (κ3) is 7.31. The minimum Gasteiger partial charge on any atom is -0.491 e. The lowest BCUT2D eigenvalue weighted by Crippen LogP contribution is -2.44. The van der Waals surface area contributed by atoms with Gasteiger partial charge in [0.05, 0.1) is 34.2 Å². The lowest BCUT2D eigenvalue weighted by Gasteiger charge is -2.38. The van der Waals surface area contributed by atoms with Gasteiger partial charge >= 0.3 is 0 Å². The zero-order valence-corrected chi connectivity index (χ0v) is 27.9. The molecule has 224 valence electrons. The van der Waals surface area contributed by atoms with Crippen molar-refractivity contribution < 1.29 is 18.4 Å². The Morgan fingerprint density at radius 1 is 1.17 bits per heavy atom. The highest BCUT2D eigenvalue weighted by Crippen LogP contribution is 2.38. The van der Waals surface area contributed by atoms with E-state index in [0.717, 1.165) is 47.8 Å². The molecule has 41 heavy (non-hydrogen) atoms. The Bertz CT molecular complexity index is 1350. The minimum absolute atomic E-state index is 0.0468. The summed E-state index contributed by atoms with van der Waals surface area (Å²) in [7, 11) is -1.90. The van der Waals surface area contributed by atoms with E-state index < -0.39 is 8.32 Å². The maximum absolute atomic E-state index is 6.75. The molecule has 1 aliphatic rings. The SMILES string of the molecule is Cc1noc(C)c1-c1nc(-c2cc(OC[C@@H](C)O[Si](C)(C)C(C)(C)C)ccc2Cl)nc(N[C@@H]2CCO[C@H](C)C2)c1C. The number of aromatic nitrogens is 3. The van der Waals surface area contributed by atoms with Crippen molar-refractivity contribution in [3.63, 3.8) is 0 Å². The number of hydrogen-bond donors (Lipinski definition) is 1. The molecule has 1 aromatic carbocycles. The first-order valence-electron chi connectivity index (χ1n) is 14.5. The van der Waals surface area contributed by atoms with Crippen LogP contribution in [0, 0.1) is 20.8 Å². The van der Waals surface area contributed by atoms with Gasteiger partial charge in [-0.05, 0) is 83.8 Å². The van der Waals surface area contributed by atoms with Crippen LogP contribution in [0.25, 0.3) is 22.6 Å². The molecule has 0 amide bonds. The van der Waals surface area contributed by atoms with E-state index in [4.69, 9.17) is 40.0 Å². The Morgan fingerprint density at radius 2 is 1.90 bits per heavy atom. The Balaban J connectivity index is 1.67. The van der Waals surface area contributed by atoms with Crippen LogP contribution >= 0.6 is 11.6 Å². The lowest BCUT2D eigenvalue weighted by atomic mass is 10.0. The molecule has 1 saturated heterocycles. The summed E-state index contributed by atoms with van der Waals surface area (Å²) in [5.74, 6) is 2.67. The lowest BCUT2D eigenvalue weighted by molar-refractivity contribution is 0.0231. The van der Waals surface area contributed by atoms with Crippen molar-refractivity contribution >= 4 is 25.7 Å². The summed E-state index contributed by atoms with van der Waals surface area (Å²) in [4.78, 5) is 10.0. The molecule has 0 bridgehead atoms. The van der Waals surface area contributed by atoms with Crippen LogP contribution in [-0.4, -0.2) is 54.9 Å². The normalized spacial score (nSPS) is 18.8.